The summed E-state index contributed by atoms with van der Waals surface area (Å²) in [5.41, 5.74) is -3.13. The number of carbonyl (C=O) groups excluding carboxylic acids is 5. The molecule has 5 fully saturated rings. The number of nitrogens with zero attached hydrogens (tertiary/aromatic N) is 2. The predicted molar refractivity (Wildman–Crippen MR) is 203 cm³/mol. The Kier molecular flexibility index (Phi) is 10.2. The van der Waals surface area contributed by atoms with E-state index < -0.39 is 88.9 Å². The summed E-state index contributed by atoms with van der Waals surface area (Å²) in [6, 6.07) is 4.32. The van der Waals surface area contributed by atoms with Gasteiger partial charge in [-0.05, 0) is 44.6 Å². The van der Waals surface area contributed by atoms with Crippen LogP contribution in [-0.2, 0) is 44.5 Å². The highest BCUT2D eigenvalue weighted by Gasteiger charge is 2.56. The number of morpholine rings is 1. The number of phenols is 2. The average Bonchev–Trinajstić information content (AvgIpc) is 3.72. The van der Waals surface area contributed by atoms with E-state index in [2.05, 4.69) is 4.90 Å². The summed E-state index contributed by atoms with van der Waals surface area (Å²) in [5, 5.41) is 36.7. The first-order valence-corrected chi connectivity index (χ1v) is 20.6. The van der Waals surface area contributed by atoms with Gasteiger partial charge in [0.2, 0.25) is 17.6 Å². The minimum atomic E-state index is -2.12. The van der Waals surface area contributed by atoms with E-state index in [1.54, 1.807) is 20.1 Å². The van der Waals surface area contributed by atoms with Crippen molar-refractivity contribution in [1.82, 2.24) is 9.80 Å². The number of ether oxygens (including phenoxy) is 6. The van der Waals surface area contributed by atoms with Crippen LogP contribution in [0.25, 0.3) is 0 Å². The van der Waals surface area contributed by atoms with Gasteiger partial charge in [-0.25, -0.2) is 0 Å². The van der Waals surface area contributed by atoms with Gasteiger partial charge < -0.3 is 43.7 Å². The number of phenolic OH excluding ortho intramolecular Hbond substituents is 2. The Labute approximate surface area is 340 Å². The molecule has 1 unspecified atom stereocenters. The standard InChI is InChI=1S/C43H50N2O14/c1-19-14-28(46)45(40(19)52)18-21-8-10-22(11-9-21)39(51)43(53)16-24-31(37(50)33-32(35(24)48)34(47)23-6-5-7-26(54-3)30(23)36(33)49)27(17-43)58-29-15-25-38(20(2)57-29)59-41-42(55-4)56-13-12-44(25)41/h5-7,19-22,25,27,29,38,41-42,48,50,53H,8-18H2,1-4H3/t19?,20-,21?,22?,25-,27-,29-,38+,41+,42-,43-/m0/s1. The first-order chi connectivity index (χ1) is 28.2. The number of ketones is 3. The van der Waals surface area contributed by atoms with Crippen LogP contribution in [-0.4, -0.2) is 131 Å². The average molecular weight is 819 g/mol. The molecule has 1 saturated carbocycles. The molecule has 4 heterocycles. The van der Waals surface area contributed by atoms with Crippen molar-refractivity contribution >= 4 is 29.2 Å². The maximum atomic E-state index is 14.6. The number of imide groups is 1. The number of hydrogen-bond donors (Lipinski definition) is 3. The van der Waals surface area contributed by atoms with Gasteiger partial charge in [-0.1, -0.05) is 19.1 Å². The fourth-order valence-electron chi connectivity index (χ4n) is 10.8. The van der Waals surface area contributed by atoms with Crippen LogP contribution in [0.3, 0.4) is 0 Å². The minimum Gasteiger partial charge on any atom is -0.507 e. The number of hydrogen-bond acceptors (Lipinski definition) is 15. The molecule has 2 aromatic carbocycles. The molecule has 3 N–H and O–H groups in total. The summed E-state index contributed by atoms with van der Waals surface area (Å²) >= 11 is 0. The van der Waals surface area contributed by atoms with E-state index in [1.807, 2.05) is 6.92 Å². The number of methoxy groups -OCH3 is 2. The van der Waals surface area contributed by atoms with E-state index in [9.17, 15) is 39.3 Å². The topological polar surface area (TPSA) is 208 Å². The van der Waals surface area contributed by atoms with Gasteiger partial charge >= 0.3 is 0 Å². The molecule has 59 heavy (non-hydrogen) atoms. The number of amides is 2. The molecule has 0 aromatic heterocycles. The number of benzene rings is 2. The first kappa shape index (κ1) is 40.1. The molecule has 3 aliphatic carbocycles. The Balaban J connectivity index is 1.04. The van der Waals surface area contributed by atoms with Gasteiger partial charge in [0.1, 0.15) is 29.0 Å². The molecule has 7 aliphatic rings. The summed E-state index contributed by atoms with van der Waals surface area (Å²) in [6.07, 6.45) is -2.53. The third-order valence-corrected chi connectivity index (χ3v) is 13.8. The van der Waals surface area contributed by atoms with Gasteiger partial charge in [-0.3, -0.25) is 33.8 Å². The zero-order valence-electron chi connectivity index (χ0n) is 33.5. The zero-order valence-corrected chi connectivity index (χ0v) is 33.5. The number of carbonyl (C=O) groups is 5. The number of aliphatic hydroxyl groups is 1. The Morgan fingerprint density at radius 1 is 0.966 bits per heavy atom. The van der Waals surface area contributed by atoms with Crippen LogP contribution in [0.2, 0.25) is 0 Å². The van der Waals surface area contributed by atoms with Gasteiger partial charge in [0, 0.05) is 80.5 Å². The van der Waals surface area contributed by atoms with E-state index in [-0.39, 0.29) is 76.6 Å². The van der Waals surface area contributed by atoms with Crippen molar-refractivity contribution in [2.24, 2.45) is 17.8 Å². The highest BCUT2D eigenvalue weighted by Crippen LogP contribution is 2.54. The van der Waals surface area contributed by atoms with Crippen LogP contribution in [0.4, 0.5) is 0 Å². The van der Waals surface area contributed by atoms with Crippen LogP contribution in [0.15, 0.2) is 18.2 Å². The van der Waals surface area contributed by atoms with Crippen LogP contribution < -0.4 is 4.74 Å². The Hall–Kier alpha value is -4.29. The maximum Gasteiger partial charge on any atom is 0.232 e. The molecule has 4 saturated heterocycles. The van der Waals surface area contributed by atoms with E-state index >= 15 is 0 Å². The predicted octanol–water partition coefficient (Wildman–Crippen LogP) is 2.92. The Morgan fingerprint density at radius 3 is 2.41 bits per heavy atom. The maximum absolute atomic E-state index is 14.6. The summed E-state index contributed by atoms with van der Waals surface area (Å²) in [6.45, 7) is 4.87. The Bertz CT molecular complexity index is 2110. The number of likely N-dealkylation sites (tertiary alicyclic amines) is 1. The van der Waals surface area contributed by atoms with E-state index in [1.165, 1.54) is 24.1 Å². The lowest BCUT2D eigenvalue weighted by Crippen LogP contribution is -2.55. The minimum absolute atomic E-state index is 0.00619. The lowest BCUT2D eigenvalue weighted by molar-refractivity contribution is -0.256. The van der Waals surface area contributed by atoms with Crippen molar-refractivity contribution in [1.29, 1.82) is 0 Å². The SMILES string of the molecule is COc1cccc2c1C(=O)c1c(O)c3c(c(O)c1C2=O)C[C@@](O)(C(=O)C1CCC(CN2C(=O)CC(C)C2=O)CC1)C[C@@H]3O[C@H]1C[C@H]2[C@H](O[C@@H]3[C@@H](OC)OCCN32)[C@H](C)O1. The molecule has 16 heteroatoms. The number of aromatic hydroxyl groups is 2. The van der Waals surface area contributed by atoms with E-state index in [4.69, 9.17) is 28.4 Å². The van der Waals surface area contributed by atoms with Crippen molar-refractivity contribution in [3.05, 3.63) is 51.6 Å². The highest BCUT2D eigenvalue weighted by atomic mass is 16.7. The molecule has 316 valence electrons. The molecule has 9 atom stereocenters. The lowest BCUT2D eigenvalue weighted by atomic mass is 9.68. The second kappa shape index (κ2) is 15.0. The van der Waals surface area contributed by atoms with Crippen LogP contribution >= 0.6 is 0 Å². The van der Waals surface area contributed by atoms with Gasteiger partial charge in [0.15, 0.2) is 30.4 Å². The second-order valence-corrected chi connectivity index (χ2v) is 17.2. The summed E-state index contributed by atoms with van der Waals surface area (Å²) in [4.78, 5) is 71.5. The zero-order chi connectivity index (χ0) is 41.7. The van der Waals surface area contributed by atoms with Crippen molar-refractivity contribution in [3.63, 3.8) is 0 Å². The van der Waals surface area contributed by atoms with Gasteiger partial charge in [0.05, 0.1) is 42.6 Å². The third-order valence-electron chi connectivity index (χ3n) is 13.8. The monoisotopic (exact) mass is 818 g/mol. The van der Waals surface area contributed by atoms with Crippen LogP contribution in [0.5, 0.6) is 17.2 Å². The molecule has 16 nitrogen and oxygen atoms in total. The van der Waals surface area contributed by atoms with Crippen molar-refractivity contribution in [2.75, 3.05) is 33.9 Å². The van der Waals surface area contributed by atoms with Gasteiger partial charge in [-0.2, -0.15) is 0 Å². The van der Waals surface area contributed by atoms with Crippen molar-refractivity contribution in [2.45, 2.75) is 114 Å². The molecule has 0 bridgehead atoms. The first-order valence-electron chi connectivity index (χ1n) is 20.6. The van der Waals surface area contributed by atoms with Crippen LogP contribution in [0, 0.1) is 17.8 Å². The highest BCUT2D eigenvalue weighted by molar-refractivity contribution is 6.31. The fraction of sp³-hybridized carbons (Fsp3) is 0.605. The summed E-state index contributed by atoms with van der Waals surface area (Å²) in [7, 11) is 2.91. The quantitative estimate of drug-likeness (QED) is 0.221. The molecule has 9 rings (SSSR count). The largest absolute Gasteiger partial charge is 0.507 e. The molecular formula is C43H50N2O14. The van der Waals surface area contributed by atoms with E-state index in [0.29, 0.717) is 51.8 Å². The van der Waals surface area contributed by atoms with E-state index in [0.717, 1.165) is 0 Å². The van der Waals surface area contributed by atoms with Crippen molar-refractivity contribution in [3.8, 4) is 17.2 Å². The molecule has 2 amide bonds. The van der Waals surface area contributed by atoms with Crippen molar-refractivity contribution < 1.29 is 67.7 Å². The lowest BCUT2D eigenvalue weighted by Gasteiger charge is -2.44. The van der Waals surface area contributed by atoms with Gasteiger partial charge in [0.25, 0.3) is 0 Å². The second-order valence-electron chi connectivity index (χ2n) is 17.2. The fourth-order valence-corrected chi connectivity index (χ4v) is 10.8. The molecule has 2 aromatic rings. The normalized spacial score (nSPS) is 35.5. The third kappa shape index (κ3) is 6.41. The Morgan fingerprint density at radius 2 is 1.71 bits per heavy atom. The van der Waals surface area contributed by atoms with Crippen LogP contribution in [0.1, 0.15) is 108 Å². The summed E-state index contributed by atoms with van der Waals surface area (Å²) < 4.78 is 36.1. The molecule has 0 spiro atoms. The molecule has 0 radical (unpaired) electrons. The number of fused-ring (bicyclic) bond motifs is 6. The number of rotatable bonds is 8. The number of Topliss-reactive ketones (excluding diaryl/α,β-unsaturated/α-hetero) is 1. The smallest absolute Gasteiger partial charge is 0.232 e. The molecular weight excluding hydrogens is 768 g/mol. The summed E-state index contributed by atoms with van der Waals surface area (Å²) in [5.74, 6) is -4.34. The molecule has 4 aliphatic heterocycles. The van der Waals surface area contributed by atoms with Gasteiger partial charge in [-0.15, -0.1) is 0 Å².